The number of ether oxygens (including phenoxy) is 1. The Morgan fingerprint density at radius 1 is 1.09 bits per heavy atom. The molecule has 0 aromatic heterocycles. The fourth-order valence-corrected chi connectivity index (χ4v) is 1.99. The highest BCUT2D eigenvalue weighted by Gasteiger charge is 2.10. The van der Waals surface area contributed by atoms with Crippen LogP contribution in [0, 0.1) is 14.9 Å². The van der Waals surface area contributed by atoms with Gasteiger partial charge in [-0.3, -0.25) is 4.79 Å². The lowest BCUT2D eigenvalue weighted by atomic mass is 10.2. The standard InChI is InChI=1S/C16H11IN2O3/c17-13-5-3-12(4-6-13)16(21)22-10-15(20)19-14-7-1-11(9-18)2-8-14/h1-8H,10H2,(H,19,20). The van der Waals surface area contributed by atoms with Gasteiger partial charge in [0.2, 0.25) is 0 Å². The molecule has 0 aliphatic rings. The van der Waals surface area contributed by atoms with Crippen molar-refractivity contribution in [3.63, 3.8) is 0 Å². The van der Waals surface area contributed by atoms with Crippen molar-refractivity contribution in [3.05, 3.63) is 63.2 Å². The molecule has 2 aromatic carbocycles. The predicted molar refractivity (Wildman–Crippen MR) is 89.2 cm³/mol. The number of hydrogen-bond donors (Lipinski definition) is 1. The van der Waals surface area contributed by atoms with Crippen molar-refractivity contribution in [1.29, 1.82) is 5.26 Å². The summed E-state index contributed by atoms with van der Waals surface area (Å²) in [7, 11) is 0. The molecule has 0 atom stereocenters. The van der Waals surface area contributed by atoms with E-state index >= 15 is 0 Å². The molecule has 0 heterocycles. The first kappa shape index (κ1) is 16.0. The molecule has 0 radical (unpaired) electrons. The maximum atomic E-state index is 11.8. The first-order valence-electron chi connectivity index (χ1n) is 6.31. The maximum absolute atomic E-state index is 11.8. The van der Waals surface area contributed by atoms with E-state index in [2.05, 4.69) is 27.9 Å². The molecule has 0 bridgehead atoms. The Balaban J connectivity index is 1.85. The summed E-state index contributed by atoms with van der Waals surface area (Å²) >= 11 is 2.13. The van der Waals surface area contributed by atoms with E-state index in [1.807, 2.05) is 6.07 Å². The van der Waals surface area contributed by atoms with Crippen LogP contribution < -0.4 is 5.32 Å². The van der Waals surface area contributed by atoms with Crippen LogP contribution in [-0.2, 0) is 9.53 Å². The molecular formula is C16H11IN2O3. The smallest absolute Gasteiger partial charge is 0.338 e. The normalized spacial score (nSPS) is 9.64. The molecule has 22 heavy (non-hydrogen) atoms. The number of rotatable bonds is 4. The number of nitrogens with zero attached hydrogens (tertiary/aromatic N) is 1. The first-order chi connectivity index (χ1) is 10.6. The van der Waals surface area contributed by atoms with Gasteiger partial charge in [-0.15, -0.1) is 0 Å². The summed E-state index contributed by atoms with van der Waals surface area (Å²) in [6, 6.07) is 15.2. The van der Waals surface area contributed by atoms with Crippen molar-refractivity contribution in [2.45, 2.75) is 0 Å². The van der Waals surface area contributed by atoms with E-state index in [0.717, 1.165) is 3.57 Å². The lowest BCUT2D eigenvalue weighted by Gasteiger charge is -2.06. The van der Waals surface area contributed by atoms with Crippen LogP contribution in [0.4, 0.5) is 5.69 Å². The van der Waals surface area contributed by atoms with Crippen molar-refractivity contribution < 1.29 is 14.3 Å². The number of amides is 1. The Hall–Kier alpha value is -2.40. The molecule has 0 aliphatic carbocycles. The summed E-state index contributed by atoms with van der Waals surface area (Å²) in [5.41, 5.74) is 1.43. The summed E-state index contributed by atoms with van der Waals surface area (Å²) in [5.74, 6) is -0.991. The lowest BCUT2D eigenvalue weighted by Crippen LogP contribution is -2.20. The van der Waals surface area contributed by atoms with Gasteiger partial charge in [0.15, 0.2) is 6.61 Å². The van der Waals surface area contributed by atoms with Gasteiger partial charge in [0.1, 0.15) is 0 Å². The number of nitriles is 1. The largest absolute Gasteiger partial charge is 0.452 e. The molecule has 0 saturated heterocycles. The molecule has 6 heteroatoms. The number of anilines is 1. The van der Waals surface area contributed by atoms with Crippen molar-refractivity contribution in [2.24, 2.45) is 0 Å². The highest BCUT2D eigenvalue weighted by atomic mass is 127. The number of nitrogens with one attached hydrogen (secondary N) is 1. The molecule has 0 aliphatic heterocycles. The topological polar surface area (TPSA) is 79.2 Å². The number of hydrogen-bond acceptors (Lipinski definition) is 4. The molecular weight excluding hydrogens is 395 g/mol. The van der Waals surface area contributed by atoms with Gasteiger partial charge in [0.25, 0.3) is 5.91 Å². The number of halogens is 1. The molecule has 1 amide bonds. The van der Waals surface area contributed by atoms with Crippen LogP contribution in [0.2, 0.25) is 0 Å². The second-order valence-electron chi connectivity index (χ2n) is 4.32. The van der Waals surface area contributed by atoms with E-state index in [-0.39, 0.29) is 6.61 Å². The number of carbonyl (C=O) groups is 2. The van der Waals surface area contributed by atoms with Gasteiger partial charge in [-0.2, -0.15) is 5.26 Å². The SMILES string of the molecule is N#Cc1ccc(NC(=O)COC(=O)c2ccc(I)cc2)cc1. The van der Waals surface area contributed by atoms with Crippen LogP contribution in [0.3, 0.4) is 0 Å². The van der Waals surface area contributed by atoms with Crippen LogP contribution in [0.1, 0.15) is 15.9 Å². The van der Waals surface area contributed by atoms with E-state index in [0.29, 0.717) is 16.8 Å². The van der Waals surface area contributed by atoms with Crippen molar-refractivity contribution in [1.82, 2.24) is 0 Å². The summed E-state index contributed by atoms with van der Waals surface area (Å²) < 4.78 is 5.95. The first-order valence-corrected chi connectivity index (χ1v) is 7.39. The molecule has 2 aromatic rings. The highest BCUT2D eigenvalue weighted by molar-refractivity contribution is 14.1. The summed E-state index contributed by atoms with van der Waals surface area (Å²) in [6.07, 6.45) is 0. The predicted octanol–water partition coefficient (Wildman–Crippen LogP) is 2.96. The number of benzene rings is 2. The van der Waals surface area contributed by atoms with Gasteiger partial charge >= 0.3 is 5.97 Å². The minimum Gasteiger partial charge on any atom is -0.452 e. The molecule has 110 valence electrons. The Morgan fingerprint density at radius 2 is 1.73 bits per heavy atom. The molecule has 1 N–H and O–H groups in total. The van der Waals surface area contributed by atoms with E-state index in [1.54, 1.807) is 48.5 Å². The molecule has 0 spiro atoms. The zero-order valence-electron chi connectivity index (χ0n) is 11.4. The summed E-state index contributed by atoms with van der Waals surface area (Å²) in [4.78, 5) is 23.5. The number of esters is 1. The third-order valence-electron chi connectivity index (χ3n) is 2.71. The van der Waals surface area contributed by atoms with Gasteiger partial charge < -0.3 is 10.1 Å². The molecule has 0 fully saturated rings. The Morgan fingerprint density at radius 3 is 2.32 bits per heavy atom. The van der Waals surface area contributed by atoms with Crippen LogP contribution in [0.5, 0.6) is 0 Å². The number of carbonyl (C=O) groups excluding carboxylic acids is 2. The summed E-state index contributed by atoms with van der Waals surface area (Å²) in [5, 5.41) is 11.3. The van der Waals surface area contributed by atoms with E-state index in [1.165, 1.54) is 0 Å². The molecule has 5 nitrogen and oxygen atoms in total. The second-order valence-corrected chi connectivity index (χ2v) is 5.57. The van der Waals surface area contributed by atoms with Crippen LogP contribution in [0.25, 0.3) is 0 Å². The van der Waals surface area contributed by atoms with Gasteiger partial charge in [0, 0.05) is 9.26 Å². The zero-order valence-corrected chi connectivity index (χ0v) is 13.5. The lowest BCUT2D eigenvalue weighted by molar-refractivity contribution is -0.119. The van der Waals surface area contributed by atoms with Gasteiger partial charge in [-0.1, -0.05) is 0 Å². The fourth-order valence-electron chi connectivity index (χ4n) is 1.63. The Bertz CT molecular complexity index is 719. The average molecular weight is 406 g/mol. The maximum Gasteiger partial charge on any atom is 0.338 e. The average Bonchev–Trinajstić information content (AvgIpc) is 2.54. The van der Waals surface area contributed by atoms with Gasteiger partial charge in [-0.25, -0.2) is 4.79 Å². The van der Waals surface area contributed by atoms with Crippen LogP contribution >= 0.6 is 22.6 Å². The quantitative estimate of drug-likeness (QED) is 0.626. The monoisotopic (exact) mass is 406 g/mol. The Labute approximate surface area is 141 Å². The Kier molecular flexibility index (Phi) is 5.49. The van der Waals surface area contributed by atoms with E-state index in [9.17, 15) is 9.59 Å². The fraction of sp³-hybridized carbons (Fsp3) is 0.0625. The van der Waals surface area contributed by atoms with Gasteiger partial charge in [-0.05, 0) is 71.1 Å². The van der Waals surface area contributed by atoms with Gasteiger partial charge in [0.05, 0.1) is 17.2 Å². The van der Waals surface area contributed by atoms with Crippen molar-refractivity contribution in [2.75, 3.05) is 11.9 Å². The third kappa shape index (κ3) is 4.56. The van der Waals surface area contributed by atoms with Crippen LogP contribution in [-0.4, -0.2) is 18.5 Å². The molecule has 2 rings (SSSR count). The van der Waals surface area contributed by atoms with Crippen molar-refractivity contribution in [3.8, 4) is 6.07 Å². The highest BCUT2D eigenvalue weighted by Crippen LogP contribution is 2.10. The van der Waals surface area contributed by atoms with E-state index < -0.39 is 11.9 Å². The molecule has 0 saturated carbocycles. The van der Waals surface area contributed by atoms with E-state index in [4.69, 9.17) is 10.00 Å². The zero-order chi connectivity index (χ0) is 15.9. The van der Waals surface area contributed by atoms with Crippen LogP contribution in [0.15, 0.2) is 48.5 Å². The minimum absolute atomic E-state index is 0.370. The molecule has 0 unspecified atom stereocenters. The second kappa shape index (κ2) is 7.56. The summed E-state index contributed by atoms with van der Waals surface area (Å²) in [6.45, 7) is -0.370. The minimum atomic E-state index is -0.550. The van der Waals surface area contributed by atoms with Crippen molar-refractivity contribution >= 4 is 40.2 Å². The third-order valence-corrected chi connectivity index (χ3v) is 3.43.